The Morgan fingerprint density at radius 2 is 2.04 bits per heavy atom. The summed E-state index contributed by atoms with van der Waals surface area (Å²) < 4.78 is 10.5. The van der Waals surface area contributed by atoms with Crippen molar-refractivity contribution in [3.8, 4) is 5.75 Å². The van der Waals surface area contributed by atoms with Gasteiger partial charge < -0.3 is 14.8 Å². The lowest BCUT2D eigenvalue weighted by molar-refractivity contribution is 0.0341. The average Bonchev–Trinajstić information content (AvgIpc) is 3.03. The molecule has 0 radical (unpaired) electrons. The zero-order chi connectivity index (χ0) is 18.4. The summed E-state index contributed by atoms with van der Waals surface area (Å²) in [7, 11) is 1.65. The van der Waals surface area contributed by atoms with Crippen LogP contribution in [0.25, 0.3) is 0 Å². The van der Waals surface area contributed by atoms with Gasteiger partial charge in [-0.2, -0.15) is 0 Å². The second-order valence-corrected chi connectivity index (χ2v) is 7.35. The molecule has 0 atom stereocenters. The van der Waals surface area contributed by atoms with Gasteiger partial charge >= 0.3 is 0 Å². The zero-order valence-electron chi connectivity index (χ0n) is 15.3. The van der Waals surface area contributed by atoms with Crippen LogP contribution >= 0.6 is 11.3 Å². The molecule has 140 valence electrons. The van der Waals surface area contributed by atoms with Crippen molar-refractivity contribution in [1.82, 2.24) is 15.2 Å². The summed E-state index contributed by atoms with van der Waals surface area (Å²) in [5.41, 5.74) is 1.97. The first kappa shape index (κ1) is 18.8. The predicted molar refractivity (Wildman–Crippen MR) is 102 cm³/mol. The topological polar surface area (TPSA) is 63.7 Å². The van der Waals surface area contributed by atoms with Gasteiger partial charge in [-0.3, -0.25) is 9.69 Å². The number of aryl methyl sites for hydroxylation is 1. The fourth-order valence-corrected chi connectivity index (χ4v) is 3.90. The standard InChI is InChI=1S/C19H25N3O3S/c1-14-18(26-17(21-14)13-22-9-11-25-12-10-22)19(23)20-8-7-15-3-5-16(24-2)6-4-15/h3-6H,7-13H2,1-2H3,(H,20,23). The molecule has 1 N–H and O–H groups in total. The smallest absolute Gasteiger partial charge is 0.263 e. The number of nitrogens with one attached hydrogen (secondary N) is 1. The van der Waals surface area contributed by atoms with Crippen LogP contribution < -0.4 is 10.1 Å². The van der Waals surface area contributed by atoms with Crippen molar-refractivity contribution in [3.05, 3.63) is 45.4 Å². The first-order chi connectivity index (χ1) is 12.7. The van der Waals surface area contributed by atoms with E-state index in [4.69, 9.17) is 9.47 Å². The minimum atomic E-state index is -0.0401. The fraction of sp³-hybridized carbons (Fsp3) is 0.474. The van der Waals surface area contributed by atoms with Crippen molar-refractivity contribution in [2.75, 3.05) is 40.0 Å². The van der Waals surface area contributed by atoms with E-state index in [9.17, 15) is 4.79 Å². The Bertz CT molecular complexity index is 724. The van der Waals surface area contributed by atoms with E-state index < -0.39 is 0 Å². The maximum atomic E-state index is 12.5. The maximum Gasteiger partial charge on any atom is 0.263 e. The molecule has 3 rings (SSSR count). The Balaban J connectivity index is 1.50. The van der Waals surface area contributed by atoms with Crippen molar-refractivity contribution < 1.29 is 14.3 Å². The molecule has 0 saturated carbocycles. The third-order valence-corrected chi connectivity index (χ3v) is 5.51. The SMILES string of the molecule is COc1ccc(CCNC(=O)c2sc(CN3CCOCC3)nc2C)cc1. The highest BCUT2D eigenvalue weighted by Crippen LogP contribution is 2.20. The highest BCUT2D eigenvalue weighted by atomic mass is 32.1. The minimum absolute atomic E-state index is 0.0401. The largest absolute Gasteiger partial charge is 0.497 e. The van der Waals surface area contributed by atoms with Crippen molar-refractivity contribution >= 4 is 17.2 Å². The highest BCUT2D eigenvalue weighted by Gasteiger charge is 2.18. The van der Waals surface area contributed by atoms with Crippen LogP contribution in [0, 0.1) is 6.92 Å². The summed E-state index contributed by atoms with van der Waals surface area (Å²) in [6, 6.07) is 7.90. The van der Waals surface area contributed by atoms with Gasteiger partial charge in [-0.15, -0.1) is 11.3 Å². The Morgan fingerprint density at radius 1 is 1.31 bits per heavy atom. The molecule has 1 fully saturated rings. The lowest BCUT2D eigenvalue weighted by Gasteiger charge is -2.25. The molecule has 0 bridgehead atoms. The number of hydrogen-bond donors (Lipinski definition) is 1. The van der Waals surface area contributed by atoms with Crippen LogP contribution in [0.5, 0.6) is 5.75 Å². The number of morpholine rings is 1. The quantitative estimate of drug-likeness (QED) is 0.804. The summed E-state index contributed by atoms with van der Waals surface area (Å²) in [6.07, 6.45) is 0.786. The molecular formula is C19H25N3O3S. The van der Waals surface area contributed by atoms with E-state index in [2.05, 4.69) is 15.2 Å². The normalized spacial score (nSPS) is 15.0. The molecular weight excluding hydrogens is 350 g/mol. The van der Waals surface area contributed by atoms with Gasteiger partial charge in [-0.1, -0.05) is 12.1 Å². The number of rotatable bonds is 7. The molecule has 2 aromatic rings. The third kappa shape index (κ3) is 5.03. The number of nitrogens with zero attached hydrogens (tertiary/aromatic N) is 2. The number of methoxy groups -OCH3 is 1. The highest BCUT2D eigenvalue weighted by molar-refractivity contribution is 7.13. The van der Waals surface area contributed by atoms with Crippen LogP contribution in [0.4, 0.5) is 0 Å². The van der Waals surface area contributed by atoms with Crippen LogP contribution in [-0.2, 0) is 17.7 Å². The maximum absolute atomic E-state index is 12.5. The molecule has 6 nitrogen and oxygen atoms in total. The van der Waals surface area contributed by atoms with Crippen molar-refractivity contribution in [3.63, 3.8) is 0 Å². The molecule has 26 heavy (non-hydrogen) atoms. The number of hydrogen-bond acceptors (Lipinski definition) is 6. The number of amides is 1. The monoisotopic (exact) mass is 375 g/mol. The second-order valence-electron chi connectivity index (χ2n) is 6.26. The predicted octanol–water partition coefficient (Wildman–Crippen LogP) is 2.26. The first-order valence-electron chi connectivity index (χ1n) is 8.83. The summed E-state index contributed by atoms with van der Waals surface area (Å²) >= 11 is 1.49. The molecule has 1 aromatic heterocycles. The van der Waals surface area contributed by atoms with Crippen LogP contribution in [0.1, 0.15) is 25.9 Å². The molecule has 2 heterocycles. The molecule has 0 spiro atoms. The van der Waals surface area contributed by atoms with Gasteiger partial charge in [0.15, 0.2) is 0 Å². The number of benzene rings is 1. The van der Waals surface area contributed by atoms with Gasteiger partial charge in [0.2, 0.25) is 0 Å². The average molecular weight is 375 g/mol. The molecule has 7 heteroatoms. The van der Waals surface area contributed by atoms with Gasteiger partial charge in [0.05, 0.1) is 32.6 Å². The van der Waals surface area contributed by atoms with Crippen molar-refractivity contribution in [1.29, 1.82) is 0 Å². The number of carbonyl (C=O) groups excluding carboxylic acids is 1. The Morgan fingerprint density at radius 3 is 2.73 bits per heavy atom. The van der Waals surface area contributed by atoms with E-state index >= 15 is 0 Å². The molecule has 1 aliphatic heterocycles. The van der Waals surface area contributed by atoms with Crippen molar-refractivity contribution in [2.45, 2.75) is 19.9 Å². The number of thiazole rings is 1. The summed E-state index contributed by atoms with van der Waals surface area (Å²) in [4.78, 5) is 20.1. The van der Waals surface area contributed by atoms with E-state index in [1.807, 2.05) is 31.2 Å². The van der Waals surface area contributed by atoms with Gasteiger partial charge in [-0.05, 0) is 31.0 Å². The second kappa shape index (κ2) is 9.12. The van der Waals surface area contributed by atoms with Gasteiger partial charge in [0, 0.05) is 19.6 Å². The minimum Gasteiger partial charge on any atom is -0.497 e. The van der Waals surface area contributed by atoms with Gasteiger partial charge in [-0.25, -0.2) is 4.98 Å². The summed E-state index contributed by atoms with van der Waals surface area (Å²) in [5.74, 6) is 0.799. The third-order valence-electron chi connectivity index (χ3n) is 4.37. The van der Waals surface area contributed by atoms with E-state index in [1.165, 1.54) is 16.9 Å². The van der Waals surface area contributed by atoms with Crippen LogP contribution in [0.2, 0.25) is 0 Å². The van der Waals surface area contributed by atoms with Crippen LogP contribution in [0.15, 0.2) is 24.3 Å². The first-order valence-corrected chi connectivity index (χ1v) is 9.65. The van der Waals surface area contributed by atoms with Crippen molar-refractivity contribution in [2.24, 2.45) is 0 Å². The van der Waals surface area contributed by atoms with Crippen LogP contribution in [-0.4, -0.2) is 55.7 Å². The van der Waals surface area contributed by atoms with E-state index in [0.717, 1.165) is 55.7 Å². The molecule has 0 unspecified atom stereocenters. The van der Waals surface area contributed by atoms with E-state index in [1.54, 1.807) is 7.11 Å². The summed E-state index contributed by atoms with van der Waals surface area (Å²) in [5, 5.41) is 3.99. The molecule has 1 aromatic carbocycles. The Labute approximate surface area is 158 Å². The summed E-state index contributed by atoms with van der Waals surface area (Å²) in [6.45, 7) is 6.66. The number of carbonyl (C=O) groups is 1. The zero-order valence-corrected chi connectivity index (χ0v) is 16.1. The fourth-order valence-electron chi connectivity index (χ4n) is 2.87. The van der Waals surface area contributed by atoms with Gasteiger partial charge in [0.1, 0.15) is 15.6 Å². The number of ether oxygens (including phenoxy) is 2. The lowest BCUT2D eigenvalue weighted by atomic mass is 10.1. The van der Waals surface area contributed by atoms with Crippen LogP contribution in [0.3, 0.4) is 0 Å². The van der Waals surface area contributed by atoms with Gasteiger partial charge in [0.25, 0.3) is 5.91 Å². The number of aromatic nitrogens is 1. The Kier molecular flexibility index (Phi) is 6.60. The Hall–Kier alpha value is -1.96. The molecule has 0 aliphatic carbocycles. The lowest BCUT2D eigenvalue weighted by Crippen LogP contribution is -2.35. The molecule has 1 aliphatic rings. The van der Waals surface area contributed by atoms with E-state index in [0.29, 0.717) is 11.4 Å². The molecule has 1 amide bonds. The van der Waals surface area contributed by atoms with E-state index in [-0.39, 0.29) is 5.91 Å². The molecule has 1 saturated heterocycles.